The number of anilines is 2. The predicted octanol–water partition coefficient (Wildman–Crippen LogP) is 1.91. The molecule has 116 valence electrons. The van der Waals surface area contributed by atoms with Gasteiger partial charge in [-0.15, -0.1) is 0 Å². The summed E-state index contributed by atoms with van der Waals surface area (Å²) in [6.45, 7) is 6.22. The van der Waals surface area contributed by atoms with Gasteiger partial charge in [-0.3, -0.25) is 4.90 Å². The zero-order valence-electron chi connectivity index (χ0n) is 12.4. The number of carbonyl (C=O) groups excluding carboxylic acids is 1. The van der Waals surface area contributed by atoms with Gasteiger partial charge in [0.05, 0.1) is 12.2 Å². The average molecular weight is 309 g/mol. The fourth-order valence-electron chi connectivity index (χ4n) is 2.27. The van der Waals surface area contributed by atoms with Crippen LogP contribution >= 0.6 is 11.8 Å². The molecule has 1 heterocycles. The lowest BCUT2D eigenvalue weighted by Crippen LogP contribution is -2.36. The summed E-state index contributed by atoms with van der Waals surface area (Å²) in [5, 5.41) is 3.32. The van der Waals surface area contributed by atoms with E-state index in [-0.39, 0.29) is 5.97 Å². The highest BCUT2D eigenvalue weighted by Crippen LogP contribution is 2.20. The Bertz CT molecular complexity index is 476. The van der Waals surface area contributed by atoms with Gasteiger partial charge in [0.2, 0.25) is 0 Å². The van der Waals surface area contributed by atoms with Crippen LogP contribution in [0.1, 0.15) is 17.3 Å². The molecule has 0 spiro atoms. The molecule has 2 rings (SSSR count). The molecule has 0 amide bonds. The minimum atomic E-state index is -0.332. The lowest BCUT2D eigenvalue weighted by molar-refractivity contribution is 0.0527. The number of nitrogen functional groups attached to an aromatic ring is 1. The van der Waals surface area contributed by atoms with Gasteiger partial charge in [0, 0.05) is 49.1 Å². The number of thioether (sulfide) groups is 1. The molecule has 6 heteroatoms. The molecule has 3 N–H and O–H groups in total. The maximum absolute atomic E-state index is 12.0. The summed E-state index contributed by atoms with van der Waals surface area (Å²) in [6.07, 6.45) is 0. The fraction of sp³-hybridized carbons (Fsp3) is 0.533. The molecule has 5 nitrogen and oxygen atoms in total. The lowest BCUT2D eigenvalue weighted by Gasteiger charge is -2.26. The van der Waals surface area contributed by atoms with Crippen LogP contribution in [0.3, 0.4) is 0 Å². The summed E-state index contributed by atoms with van der Waals surface area (Å²) < 4.78 is 5.07. The molecule has 0 unspecified atom stereocenters. The molecule has 0 radical (unpaired) electrons. The molecule has 1 aliphatic heterocycles. The van der Waals surface area contributed by atoms with Crippen LogP contribution in [0, 0.1) is 0 Å². The van der Waals surface area contributed by atoms with Crippen LogP contribution in [0.5, 0.6) is 0 Å². The third kappa shape index (κ3) is 4.82. The highest BCUT2D eigenvalue weighted by Gasteiger charge is 2.14. The van der Waals surface area contributed by atoms with Crippen LogP contribution in [0.2, 0.25) is 0 Å². The zero-order valence-corrected chi connectivity index (χ0v) is 13.2. The summed E-state index contributed by atoms with van der Waals surface area (Å²) in [5.74, 6) is 2.08. The second-order valence-corrected chi connectivity index (χ2v) is 6.13. The Labute approximate surface area is 130 Å². The minimum Gasteiger partial charge on any atom is -0.462 e. The molecule has 1 aromatic rings. The summed E-state index contributed by atoms with van der Waals surface area (Å²) in [4.78, 5) is 14.4. The van der Waals surface area contributed by atoms with E-state index in [9.17, 15) is 4.79 Å². The van der Waals surface area contributed by atoms with E-state index in [1.807, 2.05) is 17.8 Å². The molecule has 0 atom stereocenters. The number of nitrogens with two attached hydrogens (primary N) is 1. The smallest absolute Gasteiger partial charge is 0.340 e. The maximum atomic E-state index is 12.0. The van der Waals surface area contributed by atoms with E-state index < -0.39 is 0 Å². The Balaban J connectivity index is 1.93. The van der Waals surface area contributed by atoms with Crippen molar-refractivity contribution in [2.24, 2.45) is 0 Å². The number of rotatable bonds is 6. The first-order chi connectivity index (χ1) is 10.2. The Morgan fingerprint density at radius 3 is 2.90 bits per heavy atom. The minimum absolute atomic E-state index is 0.332. The highest BCUT2D eigenvalue weighted by molar-refractivity contribution is 7.99. The molecule has 1 aromatic carbocycles. The molecule has 0 saturated carbocycles. The summed E-state index contributed by atoms with van der Waals surface area (Å²) in [7, 11) is 0. The number of ether oxygens (including phenoxy) is 1. The summed E-state index contributed by atoms with van der Waals surface area (Å²) in [5.41, 5.74) is 7.62. The van der Waals surface area contributed by atoms with Gasteiger partial charge in [-0.2, -0.15) is 11.8 Å². The predicted molar refractivity (Wildman–Crippen MR) is 89.1 cm³/mol. The number of hydrogen-bond donors (Lipinski definition) is 2. The monoisotopic (exact) mass is 309 g/mol. The Kier molecular flexibility index (Phi) is 6.20. The van der Waals surface area contributed by atoms with Crippen molar-refractivity contribution in [2.75, 3.05) is 55.3 Å². The molecule has 0 aromatic heterocycles. The standard InChI is InChI=1S/C15H23N3O2S/c1-2-20-15(19)13-11-12(16)3-4-14(13)17-5-6-18-7-9-21-10-8-18/h3-4,11,17H,2,5-10,16H2,1H3. The van der Waals surface area contributed by atoms with Crippen LogP contribution in [0.4, 0.5) is 11.4 Å². The van der Waals surface area contributed by atoms with Crippen LogP contribution in [-0.2, 0) is 4.74 Å². The Morgan fingerprint density at radius 1 is 1.43 bits per heavy atom. The number of benzene rings is 1. The van der Waals surface area contributed by atoms with E-state index in [1.54, 1.807) is 19.1 Å². The average Bonchev–Trinajstić information content (AvgIpc) is 2.50. The number of carbonyl (C=O) groups is 1. The van der Waals surface area contributed by atoms with Gasteiger partial charge in [-0.05, 0) is 25.1 Å². The van der Waals surface area contributed by atoms with Gasteiger partial charge in [0.25, 0.3) is 0 Å². The van der Waals surface area contributed by atoms with Crippen molar-refractivity contribution in [1.29, 1.82) is 0 Å². The zero-order chi connectivity index (χ0) is 15.1. The summed E-state index contributed by atoms with van der Waals surface area (Å²) >= 11 is 2.00. The highest BCUT2D eigenvalue weighted by atomic mass is 32.2. The van der Waals surface area contributed by atoms with Crippen molar-refractivity contribution >= 4 is 29.1 Å². The van der Waals surface area contributed by atoms with E-state index in [0.717, 1.165) is 31.9 Å². The molecule has 1 aliphatic rings. The van der Waals surface area contributed by atoms with Crippen molar-refractivity contribution in [3.63, 3.8) is 0 Å². The first-order valence-electron chi connectivity index (χ1n) is 7.31. The van der Waals surface area contributed by atoms with Crippen molar-refractivity contribution in [1.82, 2.24) is 4.90 Å². The van der Waals surface area contributed by atoms with E-state index in [1.165, 1.54) is 11.5 Å². The largest absolute Gasteiger partial charge is 0.462 e. The van der Waals surface area contributed by atoms with Crippen molar-refractivity contribution in [3.05, 3.63) is 23.8 Å². The maximum Gasteiger partial charge on any atom is 0.340 e. The molecular weight excluding hydrogens is 286 g/mol. The van der Waals surface area contributed by atoms with Crippen LogP contribution in [0.25, 0.3) is 0 Å². The van der Waals surface area contributed by atoms with Gasteiger partial charge in [0.1, 0.15) is 0 Å². The van der Waals surface area contributed by atoms with Gasteiger partial charge in [-0.1, -0.05) is 0 Å². The number of nitrogens with one attached hydrogen (secondary N) is 1. The Hall–Kier alpha value is -1.40. The van der Waals surface area contributed by atoms with Crippen molar-refractivity contribution in [2.45, 2.75) is 6.92 Å². The van der Waals surface area contributed by atoms with E-state index in [0.29, 0.717) is 17.9 Å². The quantitative estimate of drug-likeness (QED) is 0.618. The second-order valence-electron chi connectivity index (χ2n) is 4.91. The lowest BCUT2D eigenvalue weighted by atomic mass is 10.1. The topological polar surface area (TPSA) is 67.6 Å². The molecular formula is C15H23N3O2S. The number of esters is 1. The van der Waals surface area contributed by atoms with E-state index in [2.05, 4.69) is 10.2 Å². The normalized spacial score (nSPS) is 15.7. The third-order valence-electron chi connectivity index (χ3n) is 3.39. The van der Waals surface area contributed by atoms with Crippen LogP contribution < -0.4 is 11.1 Å². The Morgan fingerprint density at radius 2 is 2.19 bits per heavy atom. The first-order valence-corrected chi connectivity index (χ1v) is 8.47. The molecule has 1 saturated heterocycles. The summed E-state index contributed by atoms with van der Waals surface area (Å²) in [6, 6.07) is 5.30. The van der Waals surface area contributed by atoms with E-state index in [4.69, 9.17) is 10.5 Å². The van der Waals surface area contributed by atoms with Crippen molar-refractivity contribution in [3.8, 4) is 0 Å². The third-order valence-corrected chi connectivity index (χ3v) is 4.33. The van der Waals surface area contributed by atoms with Crippen molar-refractivity contribution < 1.29 is 9.53 Å². The molecule has 0 aliphatic carbocycles. The van der Waals surface area contributed by atoms with Gasteiger partial charge < -0.3 is 15.8 Å². The molecule has 1 fully saturated rings. The van der Waals surface area contributed by atoms with Crippen LogP contribution in [-0.4, -0.2) is 55.2 Å². The SMILES string of the molecule is CCOC(=O)c1cc(N)ccc1NCCN1CCSCC1. The second kappa shape index (κ2) is 8.14. The molecule has 0 bridgehead atoms. The van der Waals surface area contributed by atoms with E-state index >= 15 is 0 Å². The number of hydrogen-bond acceptors (Lipinski definition) is 6. The van der Waals surface area contributed by atoms with Gasteiger partial charge in [-0.25, -0.2) is 4.79 Å². The number of nitrogens with zero attached hydrogens (tertiary/aromatic N) is 1. The van der Waals surface area contributed by atoms with Gasteiger partial charge in [0.15, 0.2) is 0 Å². The fourth-order valence-corrected chi connectivity index (χ4v) is 3.25. The molecule has 21 heavy (non-hydrogen) atoms. The van der Waals surface area contributed by atoms with Crippen LogP contribution in [0.15, 0.2) is 18.2 Å². The first kappa shape index (κ1) is 16.0. The van der Waals surface area contributed by atoms with Gasteiger partial charge >= 0.3 is 5.97 Å².